The third kappa shape index (κ3) is 2.80. The Morgan fingerprint density at radius 2 is 2.24 bits per heavy atom. The molecule has 0 aromatic carbocycles. The largest absolute Gasteiger partial charge is 0.366 e. The second-order valence-corrected chi connectivity index (χ2v) is 5.95. The van der Waals surface area contributed by atoms with Crippen LogP contribution in [0.2, 0.25) is 0 Å². The van der Waals surface area contributed by atoms with Gasteiger partial charge in [0.05, 0.1) is 11.9 Å². The van der Waals surface area contributed by atoms with Crippen molar-refractivity contribution in [3.05, 3.63) is 22.9 Å². The number of nitrogens with zero attached hydrogens (tertiary/aromatic N) is 2. The van der Waals surface area contributed by atoms with E-state index in [0.717, 1.165) is 17.1 Å². The molecule has 1 unspecified atom stereocenters. The molecule has 4 heteroatoms. The quantitative estimate of drug-likeness (QED) is 0.925. The maximum absolute atomic E-state index is 4.28. The SMILES string of the molecule is Brc1cncc(N(CC2CCCN2)C2CC2)c1. The first-order valence-corrected chi connectivity index (χ1v) is 7.23. The predicted octanol–water partition coefficient (Wildman–Crippen LogP) is 2.56. The summed E-state index contributed by atoms with van der Waals surface area (Å²) in [5, 5.41) is 3.58. The van der Waals surface area contributed by atoms with Gasteiger partial charge in [0.15, 0.2) is 0 Å². The molecule has 1 aromatic rings. The fourth-order valence-electron chi connectivity index (χ4n) is 2.56. The summed E-state index contributed by atoms with van der Waals surface area (Å²) in [6, 6.07) is 3.59. The number of hydrogen-bond donors (Lipinski definition) is 1. The smallest absolute Gasteiger partial charge is 0.0567 e. The number of rotatable bonds is 4. The number of pyridine rings is 1. The van der Waals surface area contributed by atoms with E-state index in [1.54, 1.807) is 0 Å². The highest BCUT2D eigenvalue weighted by Crippen LogP contribution is 2.32. The molecule has 1 saturated carbocycles. The fourth-order valence-corrected chi connectivity index (χ4v) is 2.91. The lowest BCUT2D eigenvalue weighted by molar-refractivity contribution is 0.578. The van der Waals surface area contributed by atoms with Gasteiger partial charge in [0.1, 0.15) is 0 Å². The Bertz CT molecular complexity index is 386. The molecule has 0 bridgehead atoms. The molecule has 3 nitrogen and oxygen atoms in total. The molecule has 2 aliphatic rings. The van der Waals surface area contributed by atoms with Gasteiger partial charge in [-0.05, 0) is 54.2 Å². The first-order valence-electron chi connectivity index (χ1n) is 6.43. The number of nitrogens with one attached hydrogen (secondary N) is 1. The minimum Gasteiger partial charge on any atom is -0.366 e. The third-order valence-electron chi connectivity index (χ3n) is 3.59. The second kappa shape index (κ2) is 4.94. The van der Waals surface area contributed by atoms with Crippen LogP contribution in [-0.4, -0.2) is 30.2 Å². The molecule has 17 heavy (non-hydrogen) atoms. The molecule has 1 N–H and O–H groups in total. The Hall–Kier alpha value is -0.610. The van der Waals surface area contributed by atoms with Crippen LogP contribution in [0.5, 0.6) is 0 Å². The van der Waals surface area contributed by atoms with Crippen LogP contribution in [0.3, 0.4) is 0 Å². The van der Waals surface area contributed by atoms with Crippen molar-refractivity contribution in [3.63, 3.8) is 0 Å². The van der Waals surface area contributed by atoms with E-state index in [0.29, 0.717) is 6.04 Å². The monoisotopic (exact) mass is 295 g/mol. The van der Waals surface area contributed by atoms with Crippen LogP contribution >= 0.6 is 15.9 Å². The van der Waals surface area contributed by atoms with E-state index in [9.17, 15) is 0 Å². The molecule has 0 spiro atoms. The van der Waals surface area contributed by atoms with Crippen LogP contribution < -0.4 is 10.2 Å². The van der Waals surface area contributed by atoms with Crippen molar-refractivity contribution in [1.82, 2.24) is 10.3 Å². The van der Waals surface area contributed by atoms with Gasteiger partial charge in [-0.3, -0.25) is 4.98 Å². The van der Waals surface area contributed by atoms with Gasteiger partial charge >= 0.3 is 0 Å². The van der Waals surface area contributed by atoms with Gasteiger partial charge in [0, 0.05) is 29.3 Å². The summed E-state index contributed by atoms with van der Waals surface area (Å²) >= 11 is 3.51. The van der Waals surface area contributed by atoms with Crippen LogP contribution in [0, 0.1) is 0 Å². The Kier molecular flexibility index (Phi) is 3.34. The highest BCUT2D eigenvalue weighted by Gasteiger charge is 2.31. The summed E-state index contributed by atoms with van der Waals surface area (Å²) in [5.74, 6) is 0. The number of hydrogen-bond acceptors (Lipinski definition) is 3. The van der Waals surface area contributed by atoms with E-state index in [1.807, 2.05) is 12.4 Å². The van der Waals surface area contributed by atoms with Crippen molar-refractivity contribution < 1.29 is 0 Å². The fraction of sp³-hybridized carbons (Fsp3) is 0.615. The molecular formula is C13H18BrN3. The first-order chi connectivity index (χ1) is 8.33. The molecule has 0 amide bonds. The predicted molar refractivity (Wildman–Crippen MR) is 73.3 cm³/mol. The highest BCUT2D eigenvalue weighted by atomic mass is 79.9. The van der Waals surface area contributed by atoms with Crippen molar-refractivity contribution >= 4 is 21.6 Å². The normalized spacial score (nSPS) is 23.9. The van der Waals surface area contributed by atoms with E-state index in [2.05, 4.69) is 37.2 Å². The molecule has 2 fully saturated rings. The zero-order valence-corrected chi connectivity index (χ0v) is 11.5. The van der Waals surface area contributed by atoms with Crippen molar-refractivity contribution in [1.29, 1.82) is 0 Å². The standard InChI is InChI=1S/C13H18BrN3/c14-10-6-13(8-15-7-10)17(12-3-4-12)9-11-2-1-5-16-11/h6-8,11-12,16H,1-5,9H2. The molecule has 92 valence electrons. The maximum Gasteiger partial charge on any atom is 0.0567 e. The Morgan fingerprint density at radius 1 is 1.35 bits per heavy atom. The molecule has 2 heterocycles. The van der Waals surface area contributed by atoms with Crippen molar-refractivity contribution in [3.8, 4) is 0 Å². The van der Waals surface area contributed by atoms with Gasteiger partial charge in [-0.25, -0.2) is 0 Å². The highest BCUT2D eigenvalue weighted by molar-refractivity contribution is 9.10. The lowest BCUT2D eigenvalue weighted by atomic mass is 10.2. The van der Waals surface area contributed by atoms with E-state index in [-0.39, 0.29) is 0 Å². The van der Waals surface area contributed by atoms with Crippen LogP contribution in [0.4, 0.5) is 5.69 Å². The summed E-state index contributed by atoms with van der Waals surface area (Å²) in [6.45, 7) is 2.31. The summed E-state index contributed by atoms with van der Waals surface area (Å²) in [4.78, 5) is 6.81. The van der Waals surface area contributed by atoms with Gasteiger partial charge in [0.2, 0.25) is 0 Å². The molecule has 1 saturated heterocycles. The summed E-state index contributed by atoms with van der Waals surface area (Å²) in [5.41, 5.74) is 1.26. The van der Waals surface area contributed by atoms with Crippen LogP contribution in [0.15, 0.2) is 22.9 Å². The molecule has 1 aromatic heterocycles. The lowest BCUT2D eigenvalue weighted by Gasteiger charge is -2.27. The molecule has 1 aliphatic carbocycles. The summed E-state index contributed by atoms with van der Waals surface area (Å²) in [7, 11) is 0. The minimum absolute atomic E-state index is 0.662. The van der Waals surface area contributed by atoms with E-state index in [1.165, 1.54) is 37.9 Å². The van der Waals surface area contributed by atoms with E-state index >= 15 is 0 Å². The molecule has 3 rings (SSSR count). The van der Waals surface area contributed by atoms with Crippen LogP contribution in [0.25, 0.3) is 0 Å². The molecular weight excluding hydrogens is 278 g/mol. The zero-order chi connectivity index (χ0) is 11.7. The zero-order valence-electron chi connectivity index (χ0n) is 9.90. The van der Waals surface area contributed by atoms with Gasteiger partial charge in [0.25, 0.3) is 0 Å². The third-order valence-corrected chi connectivity index (χ3v) is 4.02. The van der Waals surface area contributed by atoms with Crippen LogP contribution in [-0.2, 0) is 0 Å². The second-order valence-electron chi connectivity index (χ2n) is 5.04. The number of anilines is 1. The minimum atomic E-state index is 0.662. The Labute approximate surface area is 111 Å². The van der Waals surface area contributed by atoms with Crippen molar-refractivity contribution in [2.24, 2.45) is 0 Å². The molecule has 1 aliphatic heterocycles. The average Bonchev–Trinajstić information content (AvgIpc) is 3.03. The summed E-state index contributed by atoms with van der Waals surface area (Å²) < 4.78 is 1.07. The molecule has 1 atom stereocenters. The van der Waals surface area contributed by atoms with Gasteiger partial charge in [-0.2, -0.15) is 0 Å². The van der Waals surface area contributed by atoms with E-state index < -0.39 is 0 Å². The van der Waals surface area contributed by atoms with Crippen LogP contribution in [0.1, 0.15) is 25.7 Å². The first kappa shape index (κ1) is 11.5. The van der Waals surface area contributed by atoms with Gasteiger partial charge in [-0.15, -0.1) is 0 Å². The van der Waals surface area contributed by atoms with Gasteiger partial charge in [-0.1, -0.05) is 0 Å². The lowest BCUT2D eigenvalue weighted by Crippen LogP contribution is -2.39. The Morgan fingerprint density at radius 3 is 2.88 bits per heavy atom. The van der Waals surface area contributed by atoms with Crippen molar-refractivity contribution in [2.45, 2.75) is 37.8 Å². The topological polar surface area (TPSA) is 28.2 Å². The van der Waals surface area contributed by atoms with Crippen molar-refractivity contribution in [2.75, 3.05) is 18.0 Å². The number of halogens is 1. The Balaban J connectivity index is 1.74. The maximum atomic E-state index is 4.28. The van der Waals surface area contributed by atoms with Gasteiger partial charge < -0.3 is 10.2 Å². The average molecular weight is 296 g/mol. The van der Waals surface area contributed by atoms with E-state index in [4.69, 9.17) is 0 Å². The number of aromatic nitrogens is 1. The summed E-state index contributed by atoms with van der Waals surface area (Å²) in [6.07, 6.45) is 9.13. The molecule has 0 radical (unpaired) electrons.